The van der Waals surface area contributed by atoms with Gasteiger partial charge in [0.05, 0.1) is 5.25 Å². The fourth-order valence-corrected chi connectivity index (χ4v) is 4.39. The third-order valence-electron chi connectivity index (χ3n) is 4.94. The molecule has 0 aliphatic carbocycles. The smallest absolute Gasteiger partial charge is 0.240 e. The standard InChI is InChI=1S/C21H22N4OS/c1-15-12-13-17-8-6-7-11-19(17)25(15)20(26)16(2)27-21-23-22-14-24(21)18-9-4-3-5-10-18/h3-11,14-16H,12-13H2,1-2H3. The third kappa shape index (κ3) is 3.49. The topological polar surface area (TPSA) is 51.0 Å². The van der Waals surface area contributed by atoms with Gasteiger partial charge in [0.2, 0.25) is 5.91 Å². The molecule has 0 radical (unpaired) electrons. The number of hydrogen-bond acceptors (Lipinski definition) is 4. The summed E-state index contributed by atoms with van der Waals surface area (Å²) in [5, 5.41) is 8.73. The minimum absolute atomic E-state index is 0.113. The van der Waals surface area contributed by atoms with E-state index in [0.717, 1.165) is 29.4 Å². The number of carbonyl (C=O) groups excluding carboxylic acids is 1. The first-order valence-electron chi connectivity index (χ1n) is 9.18. The van der Waals surface area contributed by atoms with Crippen LogP contribution in [0.25, 0.3) is 5.69 Å². The van der Waals surface area contributed by atoms with Gasteiger partial charge in [0.1, 0.15) is 6.33 Å². The van der Waals surface area contributed by atoms with E-state index < -0.39 is 0 Å². The molecule has 2 heterocycles. The van der Waals surface area contributed by atoms with Crippen molar-refractivity contribution in [1.29, 1.82) is 0 Å². The Balaban J connectivity index is 1.57. The molecular weight excluding hydrogens is 356 g/mol. The summed E-state index contributed by atoms with van der Waals surface area (Å²) < 4.78 is 1.92. The molecule has 1 amide bonds. The van der Waals surface area contributed by atoms with Crippen LogP contribution in [0.2, 0.25) is 0 Å². The van der Waals surface area contributed by atoms with E-state index in [9.17, 15) is 4.79 Å². The van der Waals surface area contributed by atoms with Crippen molar-refractivity contribution in [3.63, 3.8) is 0 Å². The summed E-state index contributed by atoms with van der Waals surface area (Å²) in [6, 6.07) is 18.3. The number of carbonyl (C=O) groups is 1. The number of amides is 1. The molecule has 0 bridgehead atoms. The van der Waals surface area contributed by atoms with Crippen molar-refractivity contribution < 1.29 is 4.79 Å². The van der Waals surface area contributed by atoms with E-state index in [1.54, 1.807) is 6.33 Å². The highest BCUT2D eigenvalue weighted by molar-refractivity contribution is 8.00. The average molecular weight is 379 g/mol. The molecule has 1 aliphatic rings. The maximum atomic E-state index is 13.3. The molecule has 4 rings (SSSR count). The number of benzene rings is 2. The van der Waals surface area contributed by atoms with Gasteiger partial charge in [0.25, 0.3) is 0 Å². The van der Waals surface area contributed by atoms with E-state index in [1.165, 1.54) is 17.3 Å². The van der Waals surface area contributed by atoms with Crippen LogP contribution >= 0.6 is 11.8 Å². The fraction of sp³-hybridized carbons (Fsp3) is 0.286. The first-order chi connectivity index (χ1) is 13.1. The maximum Gasteiger partial charge on any atom is 0.240 e. The van der Waals surface area contributed by atoms with Crippen molar-refractivity contribution in [1.82, 2.24) is 14.8 Å². The van der Waals surface area contributed by atoms with Crippen molar-refractivity contribution in [3.8, 4) is 5.69 Å². The van der Waals surface area contributed by atoms with Crippen molar-refractivity contribution >= 4 is 23.4 Å². The molecule has 2 aromatic carbocycles. The molecule has 2 unspecified atom stereocenters. The van der Waals surface area contributed by atoms with Gasteiger partial charge in [-0.2, -0.15) is 0 Å². The Morgan fingerprint density at radius 2 is 1.89 bits per heavy atom. The largest absolute Gasteiger partial charge is 0.308 e. The van der Waals surface area contributed by atoms with Gasteiger partial charge in [0, 0.05) is 17.4 Å². The number of fused-ring (bicyclic) bond motifs is 1. The highest BCUT2D eigenvalue weighted by Gasteiger charge is 2.31. The molecule has 0 spiro atoms. The van der Waals surface area contributed by atoms with Gasteiger partial charge < -0.3 is 4.90 Å². The molecule has 0 N–H and O–H groups in total. The quantitative estimate of drug-likeness (QED) is 0.641. The van der Waals surface area contributed by atoms with Gasteiger partial charge in [-0.25, -0.2) is 0 Å². The molecule has 1 aliphatic heterocycles. The zero-order valence-corrected chi connectivity index (χ0v) is 16.3. The summed E-state index contributed by atoms with van der Waals surface area (Å²) in [5.41, 5.74) is 3.27. The lowest BCUT2D eigenvalue weighted by Crippen LogP contribution is -2.45. The van der Waals surface area contributed by atoms with Gasteiger partial charge in [-0.1, -0.05) is 48.2 Å². The van der Waals surface area contributed by atoms with Crippen LogP contribution in [0.4, 0.5) is 5.69 Å². The second-order valence-corrected chi connectivity index (χ2v) is 8.11. The molecule has 0 fully saturated rings. The van der Waals surface area contributed by atoms with Crippen LogP contribution < -0.4 is 4.90 Å². The number of anilines is 1. The van der Waals surface area contributed by atoms with Crippen LogP contribution in [0, 0.1) is 0 Å². The van der Waals surface area contributed by atoms with Crippen LogP contribution in [0.15, 0.2) is 66.1 Å². The summed E-state index contributed by atoms with van der Waals surface area (Å²) >= 11 is 1.45. The van der Waals surface area contributed by atoms with Crippen molar-refractivity contribution in [3.05, 3.63) is 66.5 Å². The number of aromatic nitrogens is 3. The number of aryl methyl sites for hydroxylation is 1. The van der Waals surface area contributed by atoms with E-state index >= 15 is 0 Å². The number of para-hydroxylation sites is 2. The first kappa shape index (κ1) is 17.8. The lowest BCUT2D eigenvalue weighted by molar-refractivity contribution is -0.118. The Kier molecular flexibility index (Phi) is 4.99. The van der Waals surface area contributed by atoms with Gasteiger partial charge in [0.15, 0.2) is 5.16 Å². The SMILES string of the molecule is CC(Sc1nncn1-c1ccccc1)C(=O)N1c2ccccc2CCC1C. The Labute approximate surface area is 163 Å². The Morgan fingerprint density at radius 1 is 1.15 bits per heavy atom. The zero-order chi connectivity index (χ0) is 18.8. The van der Waals surface area contributed by atoms with Crippen molar-refractivity contribution in [2.75, 3.05) is 4.90 Å². The average Bonchev–Trinajstić information content (AvgIpc) is 3.16. The predicted octanol–water partition coefficient (Wildman–Crippen LogP) is 4.12. The normalized spacial score (nSPS) is 17.4. The Morgan fingerprint density at radius 3 is 2.70 bits per heavy atom. The van der Waals surface area contributed by atoms with E-state index in [2.05, 4.69) is 23.2 Å². The van der Waals surface area contributed by atoms with Crippen LogP contribution in [-0.4, -0.2) is 32.0 Å². The minimum atomic E-state index is -0.259. The molecule has 27 heavy (non-hydrogen) atoms. The number of rotatable bonds is 4. The number of nitrogens with zero attached hydrogens (tertiary/aromatic N) is 4. The molecule has 0 saturated heterocycles. The van der Waals surface area contributed by atoms with Crippen molar-refractivity contribution in [2.24, 2.45) is 0 Å². The molecule has 6 heteroatoms. The second-order valence-electron chi connectivity index (χ2n) is 6.80. The van der Waals surface area contributed by atoms with Gasteiger partial charge in [-0.15, -0.1) is 10.2 Å². The highest BCUT2D eigenvalue weighted by Crippen LogP contribution is 2.33. The summed E-state index contributed by atoms with van der Waals surface area (Å²) in [4.78, 5) is 15.3. The highest BCUT2D eigenvalue weighted by atomic mass is 32.2. The number of thioether (sulfide) groups is 1. The lowest BCUT2D eigenvalue weighted by Gasteiger charge is -2.36. The van der Waals surface area contributed by atoms with E-state index in [-0.39, 0.29) is 17.2 Å². The minimum Gasteiger partial charge on any atom is -0.308 e. The summed E-state index contributed by atoms with van der Waals surface area (Å²) in [6.45, 7) is 4.07. The molecular formula is C21H22N4OS. The van der Waals surface area contributed by atoms with E-state index in [0.29, 0.717) is 0 Å². The second kappa shape index (κ2) is 7.56. The van der Waals surface area contributed by atoms with Crippen LogP contribution in [0.3, 0.4) is 0 Å². The molecule has 2 atom stereocenters. The molecule has 3 aromatic rings. The monoisotopic (exact) mass is 378 g/mol. The Hall–Kier alpha value is -2.60. The summed E-state index contributed by atoms with van der Waals surface area (Å²) in [6.07, 6.45) is 3.69. The zero-order valence-electron chi connectivity index (χ0n) is 15.4. The van der Waals surface area contributed by atoms with Crippen LogP contribution in [0.5, 0.6) is 0 Å². The molecule has 5 nitrogen and oxygen atoms in total. The fourth-order valence-electron chi connectivity index (χ4n) is 3.50. The van der Waals surface area contributed by atoms with Crippen molar-refractivity contribution in [2.45, 2.75) is 43.1 Å². The first-order valence-corrected chi connectivity index (χ1v) is 10.1. The maximum absolute atomic E-state index is 13.3. The summed E-state index contributed by atoms with van der Waals surface area (Å²) in [5.74, 6) is 0.113. The molecule has 138 valence electrons. The number of hydrogen-bond donors (Lipinski definition) is 0. The Bertz CT molecular complexity index is 940. The summed E-state index contributed by atoms with van der Waals surface area (Å²) in [7, 11) is 0. The van der Waals surface area contributed by atoms with Crippen LogP contribution in [0.1, 0.15) is 25.8 Å². The van der Waals surface area contributed by atoms with E-state index in [1.807, 2.05) is 64.9 Å². The van der Waals surface area contributed by atoms with E-state index in [4.69, 9.17) is 0 Å². The van der Waals surface area contributed by atoms with Gasteiger partial charge >= 0.3 is 0 Å². The van der Waals surface area contributed by atoms with Crippen LogP contribution in [-0.2, 0) is 11.2 Å². The lowest BCUT2D eigenvalue weighted by atomic mass is 9.96. The third-order valence-corrected chi connectivity index (χ3v) is 5.99. The predicted molar refractivity (Wildman–Crippen MR) is 108 cm³/mol. The molecule has 1 aromatic heterocycles. The van der Waals surface area contributed by atoms with Gasteiger partial charge in [-0.3, -0.25) is 9.36 Å². The van der Waals surface area contributed by atoms with Gasteiger partial charge in [-0.05, 0) is 50.5 Å². The molecule has 0 saturated carbocycles.